The van der Waals surface area contributed by atoms with E-state index in [0.717, 1.165) is 11.1 Å². The van der Waals surface area contributed by atoms with E-state index < -0.39 is 11.9 Å². The minimum Gasteiger partial charge on any atom is -0.490 e. The molecule has 1 saturated heterocycles. The SMILES string of the molecule is CCOc1cc(/C=C2\NC(=O)N(Cc3ccccc3)C2=O)cc(Br)c1OCc1ccc(F)cc1. The molecule has 1 fully saturated rings. The zero-order chi connectivity index (χ0) is 24.1. The fourth-order valence-corrected chi connectivity index (χ4v) is 4.03. The van der Waals surface area contributed by atoms with Gasteiger partial charge in [0.1, 0.15) is 18.1 Å². The van der Waals surface area contributed by atoms with Crippen LogP contribution in [0, 0.1) is 5.82 Å². The first-order chi connectivity index (χ1) is 16.4. The molecule has 8 heteroatoms. The lowest BCUT2D eigenvalue weighted by Crippen LogP contribution is -2.30. The Morgan fingerprint density at radius 1 is 1.00 bits per heavy atom. The van der Waals surface area contributed by atoms with Crippen LogP contribution in [0.5, 0.6) is 11.5 Å². The van der Waals surface area contributed by atoms with E-state index in [2.05, 4.69) is 21.2 Å². The summed E-state index contributed by atoms with van der Waals surface area (Å²) in [6, 6.07) is 18.4. The van der Waals surface area contributed by atoms with Crippen molar-refractivity contribution >= 4 is 33.9 Å². The molecule has 0 radical (unpaired) electrons. The zero-order valence-electron chi connectivity index (χ0n) is 18.4. The molecule has 4 rings (SSSR count). The van der Waals surface area contributed by atoms with Crippen LogP contribution in [0.1, 0.15) is 23.6 Å². The number of amides is 3. The Balaban J connectivity index is 1.55. The molecular weight excluding hydrogens is 503 g/mol. The molecule has 1 N–H and O–H groups in total. The van der Waals surface area contributed by atoms with Crippen molar-refractivity contribution < 1.29 is 23.5 Å². The third-order valence-electron chi connectivity index (χ3n) is 5.08. The Hall–Kier alpha value is -3.65. The second-order valence-electron chi connectivity index (χ2n) is 7.54. The highest BCUT2D eigenvalue weighted by atomic mass is 79.9. The molecule has 1 heterocycles. The standard InChI is InChI=1S/C26H22BrFN2O4/c1-2-33-23-14-19(12-21(27)24(23)34-16-18-8-10-20(28)11-9-18)13-22-25(31)30(26(32)29-22)15-17-6-4-3-5-7-17/h3-14H,2,15-16H2,1H3,(H,29,32)/b22-13-. The number of carbonyl (C=O) groups is 2. The normalized spacial score (nSPS) is 14.4. The second kappa shape index (κ2) is 10.5. The highest BCUT2D eigenvalue weighted by molar-refractivity contribution is 9.10. The van der Waals surface area contributed by atoms with Crippen LogP contribution >= 0.6 is 15.9 Å². The monoisotopic (exact) mass is 524 g/mol. The van der Waals surface area contributed by atoms with Crippen molar-refractivity contribution in [2.75, 3.05) is 6.61 Å². The molecule has 1 aliphatic heterocycles. The van der Waals surface area contributed by atoms with Crippen LogP contribution < -0.4 is 14.8 Å². The summed E-state index contributed by atoms with van der Waals surface area (Å²) < 4.78 is 25.4. The molecule has 174 valence electrons. The molecular formula is C26H22BrFN2O4. The van der Waals surface area contributed by atoms with Gasteiger partial charge in [-0.05, 0) is 69.9 Å². The average molecular weight is 525 g/mol. The van der Waals surface area contributed by atoms with E-state index in [-0.39, 0.29) is 24.7 Å². The van der Waals surface area contributed by atoms with E-state index in [9.17, 15) is 14.0 Å². The van der Waals surface area contributed by atoms with Crippen LogP contribution in [0.3, 0.4) is 0 Å². The molecule has 0 spiro atoms. The number of benzene rings is 3. The smallest absolute Gasteiger partial charge is 0.329 e. The first kappa shape index (κ1) is 23.5. The number of nitrogens with zero attached hydrogens (tertiary/aromatic N) is 1. The largest absolute Gasteiger partial charge is 0.490 e. The van der Waals surface area contributed by atoms with Crippen molar-refractivity contribution in [1.29, 1.82) is 0 Å². The topological polar surface area (TPSA) is 67.9 Å². The van der Waals surface area contributed by atoms with Crippen molar-refractivity contribution in [3.63, 3.8) is 0 Å². The van der Waals surface area contributed by atoms with Crippen LogP contribution in [0.15, 0.2) is 76.9 Å². The fourth-order valence-electron chi connectivity index (χ4n) is 3.46. The van der Waals surface area contributed by atoms with Crippen molar-refractivity contribution in [3.05, 3.63) is 99.4 Å². The summed E-state index contributed by atoms with van der Waals surface area (Å²) >= 11 is 3.51. The Kier molecular flexibility index (Phi) is 7.27. The number of ether oxygens (including phenoxy) is 2. The summed E-state index contributed by atoms with van der Waals surface area (Å²) in [5.41, 5.74) is 2.49. The minimum atomic E-state index is -0.469. The lowest BCUT2D eigenvalue weighted by molar-refractivity contribution is -0.123. The lowest BCUT2D eigenvalue weighted by Gasteiger charge is -2.15. The van der Waals surface area contributed by atoms with E-state index in [4.69, 9.17) is 9.47 Å². The molecule has 0 saturated carbocycles. The number of hydrogen-bond acceptors (Lipinski definition) is 4. The third-order valence-corrected chi connectivity index (χ3v) is 5.67. The number of nitrogens with one attached hydrogen (secondary N) is 1. The lowest BCUT2D eigenvalue weighted by atomic mass is 10.1. The van der Waals surface area contributed by atoms with Gasteiger partial charge in [0, 0.05) is 0 Å². The van der Waals surface area contributed by atoms with Gasteiger partial charge in [-0.25, -0.2) is 9.18 Å². The third kappa shape index (κ3) is 5.46. The molecule has 3 aromatic carbocycles. The summed E-state index contributed by atoms with van der Waals surface area (Å²) in [6.07, 6.45) is 1.60. The summed E-state index contributed by atoms with van der Waals surface area (Å²) in [5.74, 6) is 0.248. The van der Waals surface area contributed by atoms with Gasteiger partial charge in [-0.2, -0.15) is 0 Å². The van der Waals surface area contributed by atoms with Crippen molar-refractivity contribution in [2.45, 2.75) is 20.1 Å². The summed E-state index contributed by atoms with van der Waals surface area (Å²) in [4.78, 5) is 26.4. The number of rotatable bonds is 8. The molecule has 3 aromatic rings. The van der Waals surface area contributed by atoms with Crippen LogP contribution in [-0.2, 0) is 17.9 Å². The first-order valence-corrected chi connectivity index (χ1v) is 11.5. The maximum Gasteiger partial charge on any atom is 0.329 e. The van der Waals surface area contributed by atoms with E-state index in [1.165, 1.54) is 17.0 Å². The highest BCUT2D eigenvalue weighted by Gasteiger charge is 2.33. The molecule has 0 aromatic heterocycles. The molecule has 0 aliphatic carbocycles. The van der Waals surface area contributed by atoms with Gasteiger partial charge < -0.3 is 14.8 Å². The Morgan fingerprint density at radius 2 is 1.74 bits per heavy atom. The molecule has 3 amide bonds. The van der Waals surface area contributed by atoms with Gasteiger partial charge in [0.25, 0.3) is 5.91 Å². The fraction of sp³-hybridized carbons (Fsp3) is 0.154. The molecule has 34 heavy (non-hydrogen) atoms. The van der Waals surface area contributed by atoms with E-state index in [1.807, 2.05) is 37.3 Å². The first-order valence-electron chi connectivity index (χ1n) is 10.7. The van der Waals surface area contributed by atoms with Crippen LogP contribution in [-0.4, -0.2) is 23.4 Å². The van der Waals surface area contributed by atoms with Gasteiger partial charge in [-0.3, -0.25) is 9.69 Å². The predicted molar refractivity (Wildman–Crippen MR) is 130 cm³/mol. The second-order valence-corrected chi connectivity index (χ2v) is 8.40. The van der Waals surface area contributed by atoms with Crippen molar-refractivity contribution in [2.24, 2.45) is 0 Å². The molecule has 0 unspecified atom stereocenters. The summed E-state index contributed by atoms with van der Waals surface area (Å²) in [5, 5.41) is 2.64. The van der Waals surface area contributed by atoms with Gasteiger partial charge in [0.15, 0.2) is 11.5 Å². The quantitative estimate of drug-likeness (QED) is 0.305. The summed E-state index contributed by atoms with van der Waals surface area (Å²) in [6.45, 7) is 2.67. The van der Waals surface area contributed by atoms with Crippen LogP contribution in [0.2, 0.25) is 0 Å². The Bertz CT molecular complexity index is 1230. The van der Waals surface area contributed by atoms with Gasteiger partial charge in [-0.1, -0.05) is 42.5 Å². The van der Waals surface area contributed by atoms with Crippen LogP contribution in [0.4, 0.5) is 9.18 Å². The molecule has 0 bridgehead atoms. The van der Waals surface area contributed by atoms with Crippen molar-refractivity contribution in [1.82, 2.24) is 10.2 Å². The molecule has 0 atom stereocenters. The number of halogens is 2. The van der Waals surface area contributed by atoms with Crippen LogP contribution in [0.25, 0.3) is 6.08 Å². The maximum absolute atomic E-state index is 13.1. The number of imide groups is 1. The van der Waals surface area contributed by atoms with E-state index in [1.54, 1.807) is 30.3 Å². The van der Waals surface area contributed by atoms with E-state index in [0.29, 0.717) is 28.1 Å². The van der Waals surface area contributed by atoms with E-state index >= 15 is 0 Å². The average Bonchev–Trinajstić information content (AvgIpc) is 3.08. The number of hydrogen-bond donors (Lipinski definition) is 1. The number of urea groups is 1. The summed E-state index contributed by atoms with van der Waals surface area (Å²) in [7, 11) is 0. The Morgan fingerprint density at radius 3 is 2.44 bits per heavy atom. The van der Waals surface area contributed by atoms with Crippen molar-refractivity contribution in [3.8, 4) is 11.5 Å². The zero-order valence-corrected chi connectivity index (χ0v) is 20.0. The predicted octanol–water partition coefficient (Wildman–Crippen LogP) is 5.66. The molecule has 6 nitrogen and oxygen atoms in total. The highest BCUT2D eigenvalue weighted by Crippen LogP contribution is 2.38. The van der Waals surface area contributed by atoms with Gasteiger partial charge in [0.2, 0.25) is 0 Å². The maximum atomic E-state index is 13.1. The van der Waals surface area contributed by atoms with Gasteiger partial charge >= 0.3 is 6.03 Å². The Labute approximate surface area is 205 Å². The minimum absolute atomic E-state index is 0.176. The number of carbonyl (C=O) groups excluding carboxylic acids is 2. The van der Waals surface area contributed by atoms with Gasteiger partial charge in [-0.15, -0.1) is 0 Å². The molecule has 1 aliphatic rings. The van der Waals surface area contributed by atoms with Gasteiger partial charge in [0.05, 0.1) is 17.6 Å².